The van der Waals surface area contributed by atoms with Crippen molar-refractivity contribution >= 4 is 33.7 Å². The third kappa shape index (κ3) is 4.06. The van der Waals surface area contributed by atoms with Gasteiger partial charge in [0, 0.05) is 12.1 Å². The van der Waals surface area contributed by atoms with E-state index in [9.17, 15) is 13.2 Å². The van der Waals surface area contributed by atoms with Gasteiger partial charge in [0.15, 0.2) is 0 Å². The monoisotopic (exact) mass is 329 g/mol. The molecule has 1 fully saturated rings. The van der Waals surface area contributed by atoms with Crippen molar-refractivity contribution in [3.63, 3.8) is 0 Å². The Balaban J connectivity index is 2.18. The third-order valence-corrected chi connectivity index (χ3v) is 5.39. The van der Waals surface area contributed by atoms with Crippen LogP contribution in [0.3, 0.4) is 0 Å². The maximum absolute atomic E-state index is 12.2. The van der Waals surface area contributed by atoms with Crippen LogP contribution in [0.1, 0.15) is 25.3 Å². The molecular weight excluding hydrogens is 314 g/mol. The fourth-order valence-corrected chi connectivity index (χ4v) is 3.98. The van der Waals surface area contributed by atoms with Gasteiger partial charge in [-0.1, -0.05) is 31.0 Å². The van der Waals surface area contributed by atoms with E-state index >= 15 is 0 Å². The van der Waals surface area contributed by atoms with Crippen LogP contribution in [0.5, 0.6) is 0 Å². The first kappa shape index (κ1) is 16.0. The molecule has 0 bridgehead atoms. The van der Waals surface area contributed by atoms with Gasteiger partial charge in [0.2, 0.25) is 10.0 Å². The molecule has 0 radical (unpaired) electrons. The quantitative estimate of drug-likeness (QED) is 0.785. The van der Waals surface area contributed by atoms with Crippen LogP contribution >= 0.6 is 11.6 Å². The molecule has 0 saturated heterocycles. The molecule has 0 aromatic heterocycles. The summed E-state index contributed by atoms with van der Waals surface area (Å²) in [6, 6.07) is 4.32. The van der Waals surface area contributed by atoms with Crippen molar-refractivity contribution in [2.75, 3.05) is 0 Å². The van der Waals surface area contributed by atoms with Crippen LogP contribution in [0.25, 0.3) is 6.08 Å². The Kier molecular flexibility index (Phi) is 4.70. The smallest absolute Gasteiger partial charge is 0.328 e. The summed E-state index contributed by atoms with van der Waals surface area (Å²) < 4.78 is 27.1. The largest absolute Gasteiger partial charge is 0.478 e. The highest BCUT2D eigenvalue weighted by molar-refractivity contribution is 7.89. The number of carboxylic acid groups (broad SMARTS) is 1. The molecule has 1 aliphatic carbocycles. The first-order valence-electron chi connectivity index (χ1n) is 6.56. The first-order valence-corrected chi connectivity index (χ1v) is 8.42. The molecule has 2 unspecified atom stereocenters. The van der Waals surface area contributed by atoms with E-state index in [4.69, 9.17) is 16.7 Å². The molecule has 5 nitrogen and oxygen atoms in total. The van der Waals surface area contributed by atoms with Crippen molar-refractivity contribution in [1.29, 1.82) is 0 Å². The zero-order valence-corrected chi connectivity index (χ0v) is 13.0. The van der Waals surface area contributed by atoms with E-state index in [1.54, 1.807) is 0 Å². The standard InChI is InChI=1S/C14H16ClNO4S/c1-2-10-8-12(10)16-21(19,20)13-5-3-9(7-11(13)15)4-6-14(17)18/h3-7,10,12,16H,2,8H2,1H3,(H,17,18)/b6-4+. The summed E-state index contributed by atoms with van der Waals surface area (Å²) in [6.07, 6.45) is 4.12. The van der Waals surface area contributed by atoms with E-state index in [-0.39, 0.29) is 16.0 Å². The lowest BCUT2D eigenvalue weighted by Crippen LogP contribution is -2.27. The first-order chi connectivity index (χ1) is 9.83. The van der Waals surface area contributed by atoms with Crippen molar-refractivity contribution in [1.82, 2.24) is 4.72 Å². The molecule has 1 aromatic rings. The van der Waals surface area contributed by atoms with Crippen molar-refractivity contribution in [2.24, 2.45) is 5.92 Å². The lowest BCUT2D eigenvalue weighted by molar-refractivity contribution is -0.131. The summed E-state index contributed by atoms with van der Waals surface area (Å²) >= 11 is 6.00. The number of hydrogen-bond donors (Lipinski definition) is 2. The summed E-state index contributed by atoms with van der Waals surface area (Å²) in [4.78, 5) is 10.5. The molecule has 2 rings (SSSR count). The molecule has 1 aliphatic rings. The lowest BCUT2D eigenvalue weighted by atomic mass is 10.2. The van der Waals surface area contributed by atoms with E-state index in [0.717, 1.165) is 18.9 Å². The second-order valence-corrected chi connectivity index (χ2v) is 7.08. The van der Waals surface area contributed by atoms with Gasteiger partial charge in [-0.25, -0.2) is 17.9 Å². The van der Waals surface area contributed by atoms with Gasteiger partial charge < -0.3 is 5.11 Å². The predicted octanol–water partition coefficient (Wildman–Crippen LogP) is 2.51. The van der Waals surface area contributed by atoms with E-state index in [1.165, 1.54) is 24.3 Å². The molecule has 0 spiro atoms. The Hall–Kier alpha value is -1.37. The minimum atomic E-state index is -3.64. The minimum absolute atomic E-state index is 0.0114. The molecule has 2 N–H and O–H groups in total. The van der Waals surface area contributed by atoms with Gasteiger partial charge in [-0.3, -0.25) is 0 Å². The zero-order valence-electron chi connectivity index (χ0n) is 11.4. The molecule has 1 saturated carbocycles. The molecule has 7 heteroatoms. The maximum atomic E-state index is 12.2. The minimum Gasteiger partial charge on any atom is -0.478 e. The van der Waals surface area contributed by atoms with Crippen molar-refractivity contribution < 1.29 is 18.3 Å². The van der Waals surface area contributed by atoms with Crippen LogP contribution in [0.2, 0.25) is 5.02 Å². The van der Waals surface area contributed by atoms with E-state index < -0.39 is 16.0 Å². The number of carboxylic acids is 1. The number of halogens is 1. The predicted molar refractivity (Wildman–Crippen MR) is 80.6 cm³/mol. The highest BCUT2D eigenvalue weighted by atomic mass is 35.5. The summed E-state index contributed by atoms with van der Waals surface area (Å²) in [5.41, 5.74) is 0.527. The van der Waals surface area contributed by atoms with Crippen molar-refractivity contribution in [3.8, 4) is 0 Å². The number of hydrogen-bond acceptors (Lipinski definition) is 3. The van der Waals surface area contributed by atoms with Gasteiger partial charge in [-0.2, -0.15) is 0 Å². The van der Waals surface area contributed by atoms with Crippen LogP contribution in [0, 0.1) is 5.92 Å². The van der Waals surface area contributed by atoms with Gasteiger partial charge in [0.25, 0.3) is 0 Å². The van der Waals surface area contributed by atoms with Gasteiger partial charge in [0.05, 0.1) is 5.02 Å². The molecule has 0 aliphatic heterocycles. The van der Waals surface area contributed by atoms with E-state index in [0.29, 0.717) is 11.5 Å². The van der Waals surface area contributed by atoms with Gasteiger partial charge >= 0.3 is 5.97 Å². The highest BCUT2D eigenvalue weighted by Crippen LogP contribution is 2.35. The Bertz CT molecular complexity index is 684. The Morgan fingerprint density at radius 1 is 1.52 bits per heavy atom. The summed E-state index contributed by atoms with van der Waals surface area (Å²) in [6.45, 7) is 2.02. The number of aliphatic carboxylic acids is 1. The average Bonchev–Trinajstić information content (AvgIpc) is 3.13. The SMILES string of the molecule is CCC1CC1NS(=O)(=O)c1ccc(/C=C/C(=O)O)cc1Cl. The van der Waals surface area contributed by atoms with Crippen molar-refractivity contribution in [2.45, 2.75) is 30.7 Å². The zero-order chi connectivity index (χ0) is 15.6. The normalized spacial score (nSPS) is 21.6. The molecule has 21 heavy (non-hydrogen) atoms. The van der Waals surface area contributed by atoms with E-state index in [1.807, 2.05) is 6.92 Å². The fraction of sp³-hybridized carbons (Fsp3) is 0.357. The number of carbonyl (C=O) groups is 1. The summed E-state index contributed by atoms with van der Waals surface area (Å²) in [5.74, 6) is -0.680. The molecular formula is C14H16ClNO4S. The van der Waals surface area contributed by atoms with Crippen LogP contribution in [0.15, 0.2) is 29.2 Å². The average molecular weight is 330 g/mol. The fourth-order valence-electron chi connectivity index (χ4n) is 2.11. The second kappa shape index (κ2) is 6.17. The Morgan fingerprint density at radius 2 is 2.24 bits per heavy atom. The van der Waals surface area contributed by atoms with Crippen molar-refractivity contribution in [3.05, 3.63) is 34.9 Å². The molecule has 2 atom stereocenters. The highest BCUT2D eigenvalue weighted by Gasteiger charge is 2.39. The number of sulfonamides is 1. The van der Waals surface area contributed by atoms with Gasteiger partial charge in [-0.15, -0.1) is 0 Å². The van der Waals surface area contributed by atoms with Crippen LogP contribution in [0.4, 0.5) is 0 Å². The van der Waals surface area contributed by atoms with Gasteiger partial charge in [-0.05, 0) is 36.1 Å². The maximum Gasteiger partial charge on any atom is 0.328 e. The molecule has 114 valence electrons. The lowest BCUT2D eigenvalue weighted by Gasteiger charge is -2.08. The Labute approximate surface area is 128 Å². The molecule has 0 amide bonds. The summed E-state index contributed by atoms with van der Waals surface area (Å²) in [5, 5.41) is 8.63. The van der Waals surface area contributed by atoms with Crippen LogP contribution < -0.4 is 4.72 Å². The Morgan fingerprint density at radius 3 is 2.76 bits per heavy atom. The summed E-state index contributed by atoms with van der Waals surface area (Å²) in [7, 11) is -3.64. The molecule has 0 heterocycles. The van der Waals surface area contributed by atoms with Gasteiger partial charge in [0.1, 0.15) is 4.90 Å². The second-order valence-electron chi connectivity index (χ2n) is 4.99. The van der Waals surface area contributed by atoms with Crippen LogP contribution in [-0.4, -0.2) is 25.5 Å². The molecule has 1 aromatic carbocycles. The topological polar surface area (TPSA) is 83.5 Å². The number of nitrogens with one attached hydrogen (secondary N) is 1. The van der Waals surface area contributed by atoms with E-state index in [2.05, 4.69) is 4.72 Å². The number of rotatable bonds is 6. The van der Waals surface area contributed by atoms with Crippen LogP contribution in [-0.2, 0) is 14.8 Å². The number of benzene rings is 1. The third-order valence-electron chi connectivity index (χ3n) is 3.42.